The molecule has 0 aromatic heterocycles. The van der Waals surface area contributed by atoms with Crippen molar-refractivity contribution in [1.82, 2.24) is 4.31 Å². The van der Waals surface area contributed by atoms with Gasteiger partial charge in [0.1, 0.15) is 13.2 Å². The Morgan fingerprint density at radius 1 is 1.10 bits per heavy atom. The zero-order chi connectivity index (χ0) is 21.3. The highest BCUT2D eigenvalue weighted by Gasteiger charge is 2.21. The number of anilines is 1. The van der Waals surface area contributed by atoms with Crippen LogP contribution in [-0.4, -0.2) is 45.9 Å². The second-order valence-electron chi connectivity index (χ2n) is 7.01. The molecule has 29 heavy (non-hydrogen) atoms. The highest BCUT2D eigenvalue weighted by atomic mass is 79.9. The average Bonchev–Trinajstić information content (AvgIpc) is 2.65. The summed E-state index contributed by atoms with van der Waals surface area (Å²) in [5.74, 6) is 0.984. The SMILES string of the molecule is Cc1cc(S(=O)(=O)N(C)C)cc(NC(=O)Cc2cc3c(cc2Br)OCCO3)c1C. The molecule has 1 aliphatic heterocycles. The van der Waals surface area contributed by atoms with Crippen LogP contribution in [0.2, 0.25) is 0 Å². The van der Waals surface area contributed by atoms with Crippen LogP contribution in [0.1, 0.15) is 16.7 Å². The van der Waals surface area contributed by atoms with Gasteiger partial charge in [0.2, 0.25) is 15.9 Å². The monoisotopic (exact) mass is 482 g/mol. The van der Waals surface area contributed by atoms with Crippen molar-refractivity contribution in [3.8, 4) is 11.5 Å². The molecule has 0 fully saturated rings. The van der Waals surface area contributed by atoms with Crippen molar-refractivity contribution in [3.05, 3.63) is 45.4 Å². The molecule has 0 aliphatic carbocycles. The average molecular weight is 483 g/mol. The number of hydrogen-bond donors (Lipinski definition) is 1. The topological polar surface area (TPSA) is 84.9 Å². The molecule has 2 aromatic carbocycles. The van der Waals surface area contributed by atoms with Gasteiger partial charge in [0.25, 0.3) is 0 Å². The lowest BCUT2D eigenvalue weighted by atomic mass is 10.1. The number of ether oxygens (including phenoxy) is 2. The predicted octanol–water partition coefficient (Wildman–Crippen LogP) is 3.27. The molecule has 2 aromatic rings. The van der Waals surface area contributed by atoms with E-state index in [1.807, 2.05) is 13.8 Å². The maximum Gasteiger partial charge on any atom is 0.242 e. The predicted molar refractivity (Wildman–Crippen MR) is 114 cm³/mol. The van der Waals surface area contributed by atoms with Crippen LogP contribution in [0.15, 0.2) is 33.6 Å². The minimum absolute atomic E-state index is 0.0976. The summed E-state index contributed by atoms with van der Waals surface area (Å²) in [6.07, 6.45) is 0.0976. The summed E-state index contributed by atoms with van der Waals surface area (Å²) in [6, 6.07) is 6.67. The lowest BCUT2D eigenvalue weighted by molar-refractivity contribution is -0.115. The van der Waals surface area contributed by atoms with Gasteiger partial charge in [-0.05, 0) is 54.8 Å². The molecule has 0 spiro atoms. The quantitative estimate of drug-likeness (QED) is 0.706. The normalized spacial score (nSPS) is 13.4. The minimum Gasteiger partial charge on any atom is -0.486 e. The zero-order valence-electron chi connectivity index (χ0n) is 16.7. The summed E-state index contributed by atoms with van der Waals surface area (Å²) >= 11 is 3.47. The van der Waals surface area contributed by atoms with Crippen LogP contribution < -0.4 is 14.8 Å². The van der Waals surface area contributed by atoms with E-state index in [0.29, 0.717) is 30.4 Å². The highest BCUT2D eigenvalue weighted by Crippen LogP contribution is 2.36. The number of sulfonamides is 1. The molecule has 0 bridgehead atoms. The van der Waals surface area contributed by atoms with Crippen LogP contribution in [0.25, 0.3) is 0 Å². The van der Waals surface area contributed by atoms with E-state index in [1.165, 1.54) is 20.2 Å². The molecule has 9 heteroatoms. The third-order valence-electron chi connectivity index (χ3n) is 4.76. The van der Waals surface area contributed by atoms with Crippen molar-refractivity contribution in [2.24, 2.45) is 0 Å². The molecule has 0 saturated heterocycles. The Hall–Kier alpha value is -2.10. The van der Waals surface area contributed by atoms with E-state index >= 15 is 0 Å². The number of rotatable bonds is 5. The Bertz CT molecular complexity index is 1070. The second kappa shape index (κ2) is 8.33. The molecule has 1 heterocycles. The number of amides is 1. The third-order valence-corrected chi connectivity index (χ3v) is 7.29. The lowest BCUT2D eigenvalue weighted by Crippen LogP contribution is -2.23. The van der Waals surface area contributed by atoms with Crippen molar-refractivity contribution in [2.45, 2.75) is 25.2 Å². The van der Waals surface area contributed by atoms with Crippen molar-refractivity contribution < 1.29 is 22.7 Å². The Morgan fingerprint density at radius 2 is 1.72 bits per heavy atom. The molecule has 0 saturated carbocycles. The number of halogens is 1. The van der Waals surface area contributed by atoms with E-state index in [1.54, 1.807) is 18.2 Å². The molecule has 1 N–H and O–H groups in total. The van der Waals surface area contributed by atoms with Crippen molar-refractivity contribution in [3.63, 3.8) is 0 Å². The fourth-order valence-electron chi connectivity index (χ4n) is 2.92. The van der Waals surface area contributed by atoms with Gasteiger partial charge < -0.3 is 14.8 Å². The number of carbonyl (C=O) groups excluding carboxylic acids is 1. The van der Waals surface area contributed by atoms with Gasteiger partial charge in [0.15, 0.2) is 11.5 Å². The number of nitrogens with one attached hydrogen (secondary N) is 1. The summed E-state index contributed by atoms with van der Waals surface area (Å²) in [6.45, 7) is 4.62. The first-order chi connectivity index (χ1) is 13.6. The van der Waals surface area contributed by atoms with E-state index in [2.05, 4.69) is 21.2 Å². The van der Waals surface area contributed by atoms with Crippen molar-refractivity contribution in [2.75, 3.05) is 32.6 Å². The van der Waals surface area contributed by atoms with Crippen LogP contribution in [0.3, 0.4) is 0 Å². The van der Waals surface area contributed by atoms with Crippen LogP contribution in [0, 0.1) is 13.8 Å². The molecule has 0 radical (unpaired) electrons. The Morgan fingerprint density at radius 3 is 2.34 bits per heavy atom. The van der Waals surface area contributed by atoms with Crippen LogP contribution >= 0.6 is 15.9 Å². The van der Waals surface area contributed by atoms with E-state index < -0.39 is 10.0 Å². The van der Waals surface area contributed by atoms with Gasteiger partial charge >= 0.3 is 0 Å². The summed E-state index contributed by atoms with van der Waals surface area (Å²) < 4.78 is 38.0. The van der Waals surface area contributed by atoms with Gasteiger partial charge in [-0.2, -0.15) is 0 Å². The number of carbonyl (C=O) groups is 1. The molecule has 3 rings (SSSR count). The van der Waals surface area contributed by atoms with Crippen molar-refractivity contribution >= 4 is 37.5 Å². The van der Waals surface area contributed by atoms with Gasteiger partial charge in [-0.15, -0.1) is 0 Å². The number of aryl methyl sites for hydroxylation is 1. The molecule has 7 nitrogen and oxygen atoms in total. The Labute approximate surface area is 179 Å². The standard InChI is InChI=1S/C20H23BrN2O5S/c1-12-7-15(29(25,26)23(3)4)10-17(13(12)2)22-20(24)9-14-8-18-19(11-16(14)21)28-6-5-27-18/h7-8,10-11H,5-6,9H2,1-4H3,(H,22,24). The van der Waals surface area contributed by atoms with Crippen LogP contribution in [-0.2, 0) is 21.2 Å². The smallest absolute Gasteiger partial charge is 0.242 e. The van der Waals surface area contributed by atoms with Crippen LogP contribution in [0.4, 0.5) is 5.69 Å². The van der Waals surface area contributed by atoms with E-state index in [9.17, 15) is 13.2 Å². The molecule has 0 unspecified atom stereocenters. The number of benzene rings is 2. The molecular weight excluding hydrogens is 460 g/mol. The van der Waals surface area contributed by atoms with Gasteiger partial charge in [0, 0.05) is 24.3 Å². The Kier molecular flexibility index (Phi) is 6.21. The molecule has 1 aliphatic rings. The third kappa shape index (κ3) is 4.57. The molecule has 0 atom stereocenters. The highest BCUT2D eigenvalue weighted by molar-refractivity contribution is 9.10. The maximum atomic E-state index is 12.7. The van der Waals surface area contributed by atoms with E-state index in [-0.39, 0.29) is 17.2 Å². The van der Waals surface area contributed by atoms with E-state index in [4.69, 9.17) is 9.47 Å². The first kappa shape index (κ1) is 21.6. The van der Waals surface area contributed by atoms with Crippen molar-refractivity contribution in [1.29, 1.82) is 0 Å². The van der Waals surface area contributed by atoms with Gasteiger partial charge in [-0.1, -0.05) is 15.9 Å². The van der Waals surface area contributed by atoms with Gasteiger partial charge in [0.05, 0.1) is 11.3 Å². The number of hydrogen-bond acceptors (Lipinski definition) is 5. The molecule has 1 amide bonds. The largest absolute Gasteiger partial charge is 0.486 e. The van der Waals surface area contributed by atoms with Crippen LogP contribution in [0.5, 0.6) is 11.5 Å². The summed E-state index contributed by atoms with van der Waals surface area (Å²) in [7, 11) is -0.657. The van der Waals surface area contributed by atoms with Gasteiger partial charge in [-0.25, -0.2) is 12.7 Å². The fraction of sp³-hybridized carbons (Fsp3) is 0.350. The minimum atomic E-state index is -3.61. The molecule has 156 valence electrons. The molecular formula is C20H23BrN2O5S. The van der Waals surface area contributed by atoms with Gasteiger partial charge in [-0.3, -0.25) is 4.79 Å². The summed E-state index contributed by atoms with van der Waals surface area (Å²) in [5, 5.41) is 2.84. The lowest BCUT2D eigenvalue weighted by Gasteiger charge is -2.20. The first-order valence-electron chi connectivity index (χ1n) is 9.01. The number of fused-ring (bicyclic) bond motifs is 1. The van der Waals surface area contributed by atoms with E-state index in [0.717, 1.165) is 25.5 Å². The second-order valence-corrected chi connectivity index (χ2v) is 10.0. The Balaban J connectivity index is 1.85. The summed E-state index contributed by atoms with van der Waals surface area (Å²) in [5.41, 5.74) is 2.82. The number of nitrogens with zero attached hydrogens (tertiary/aromatic N) is 1. The fourth-order valence-corrected chi connectivity index (χ4v) is 4.40. The zero-order valence-corrected chi connectivity index (χ0v) is 19.1. The first-order valence-corrected chi connectivity index (χ1v) is 11.2. The maximum absolute atomic E-state index is 12.7. The summed E-state index contributed by atoms with van der Waals surface area (Å²) in [4.78, 5) is 12.8.